The third-order valence-electron chi connectivity index (χ3n) is 1.67. The van der Waals surface area contributed by atoms with Crippen LogP contribution in [0.3, 0.4) is 0 Å². The Morgan fingerprint density at radius 2 is 2.21 bits per heavy atom. The third-order valence-corrected chi connectivity index (χ3v) is 1.67. The van der Waals surface area contributed by atoms with Gasteiger partial charge in [-0.2, -0.15) is 0 Å². The topological polar surface area (TPSA) is 67.6 Å². The third kappa shape index (κ3) is 2.24. The Bertz CT molecular complexity index is 330. The highest BCUT2D eigenvalue weighted by molar-refractivity contribution is 5.60. The maximum absolute atomic E-state index is 10.7. The lowest BCUT2D eigenvalue weighted by Gasteiger charge is -2.19. The first-order chi connectivity index (χ1) is 6.52. The second-order valence-corrected chi connectivity index (χ2v) is 3.12. The Morgan fingerprint density at radius 3 is 2.71 bits per heavy atom. The Labute approximate surface area is 82.2 Å². The van der Waals surface area contributed by atoms with Crippen LogP contribution in [0.15, 0.2) is 12.5 Å². The van der Waals surface area contributed by atoms with Gasteiger partial charge in [0.2, 0.25) is 0 Å². The van der Waals surface area contributed by atoms with E-state index in [0.29, 0.717) is 5.69 Å². The summed E-state index contributed by atoms with van der Waals surface area (Å²) >= 11 is 0. The molecule has 6 heteroatoms. The smallest absolute Gasteiger partial charge is 0.167 e. The first-order valence-electron chi connectivity index (χ1n) is 4.04. The van der Waals surface area contributed by atoms with Gasteiger partial charge in [-0.25, -0.2) is 4.98 Å². The largest absolute Gasteiger partial charge is 0.732 e. The number of nitrogens with zero attached hydrogens (tertiary/aromatic N) is 4. The molecule has 0 unspecified atom stereocenters. The van der Waals surface area contributed by atoms with Crippen molar-refractivity contribution >= 4 is 11.9 Å². The van der Waals surface area contributed by atoms with Gasteiger partial charge in [-0.3, -0.25) is 5.21 Å². The van der Waals surface area contributed by atoms with Crippen LogP contribution in [0.4, 0.5) is 5.82 Å². The fourth-order valence-electron chi connectivity index (χ4n) is 0.987. The molecule has 0 fully saturated rings. The van der Waals surface area contributed by atoms with Crippen LogP contribution in [0.2, 0.25) is 0 Å². The molecule has 14 heavy (non-hydrogen) atoms. The molecular formula is C8H13N4O2-. The van der Waals surface area contributed by atoms with Gasteiger partial charge < -0.3 is 19.9 Å². The Kier molecular flexibility index (Phi) is 3.10. The van der Waals surface area contributed by atoms with E-state index in [1.165, 1.54) is 6.33 Å². The quantitative estimate of drug-likeness (QED) is 0.720. The maximum atomic E-state index is 10.7. The van der Waals surface area contributed by atoms with Crippen molar-refractivity contribution in [3.8, 4) is 0 Å². The molecule has 0 aliphatic carbocycles. The van der Waals surface area contributed by atoms with Crippen molar-refractivity contribution in [3.63, 3.8) is 0 Å². The lowest BCUT2D eigenvalue weighted by atomic mass is 10.4. The summed E-state index contributed by atoms with van der Waals surface area (Å²) in [5.41, 5.74) is 0.552. The monoisotopic (exact) mass is 197 g/mol. The molecule has 0 aliphatic rings. The van der Waals surface area contributed by atoms with Gasteiger partial charge >= 0.3 is 0 Å². The molecule has 1 N–H and O–H groups in total. The molecule has 1 aromatic heterocycles. The lowest BCUT2D eigenvalue weighted by molar-refractivity contribution is 0.293. The van der Waals surface area contributed by atoms with E-state index in [4.69, 9.17) is 5.21 Å². The van der Waals surface area contributed by atoms with Crippen molar-refractivity contribution in [3.05, 3.63) is 23.4 Å². The predicted octanol–water partition coefficient (Wildman–Crippen LogP) is 0.646. The second kappa shape index (κ2) is 4.12. The van der Waals surface area contributed by atoms with Crippen LogP contribution in [0.5, 0.6) is 0 Å². The molecule has 1 heterocycles. The van der Waals surface area contributed by atoms with Gasteiger partial charge in [0.25, 0.3) is 0 Å². The van der Waals surface area contributed by atoms with E-state index in [1.54, 1.807) is 23.9 Å². The first-order valence-corrected chi connectivity index (χ1v) is 4.04. The maximum Gasteiger partial charge on any atom is 0.167 e. The van der Waals surface area contributed by atoms with Crippen LogP contribution in [0.1, 0.15) is 5.69 Å². The average molecular weight is 197 g/mol. The summed E-state index contributed by atoms with van der Waals surface area (Å²) in [6.45, 7) is 0. The molecule has 1 rings (SSSR count). The van der Waals surface area contributed by atoms with Gasteiger partial charge in [0, 0.05) is 27.3 Å². The summed E-state index contributed by atoms with van der Waals surface area (Å²) < 4.78 is 1.65. The van der Waals surface area contributed by atoms with E-state index in [9.17, 15) is 5.21 Å². The van der Waals surface area contributed by atoms with Gasteiger partial charge in [-0.1, -0.05) is 0 Å². The fourth-order valence-corrected chi connectivity index (χ4v) is 0.987. The zero-order valence-corrected chi connectivity index (χ0v) is 8.38. The molecule has 0 bridgehead atoms. The summed E-state index contributed by atoms with van der Waals surface area (Å²) in [4.78, 5) is 5.57. The second-order valence-electron chi connectivity index (χ2n) is 3.12. The SMILES string of the molecule is CN(C)/C=C/c1c(N([O-])O)ncn1C. The number of imidazole rings is 1. The fraction of sp³-hybridized carbons (Fsp3) is 0.375. The van der Waals surface area contributed by atoms with Crippen molar-refractivity contribution in [2.45, 2.75) is 0 Å². The van der Waals surface area contributed by atoms with Gasteiger partial charge in [0.05, 0.1) is 12.0 Å². The number of aryl methyl sites for hydroxylation is 1. The summed E-state index contributed by atoms with van der Waals surface area (Å²) in [7, 11) is 5.47. The van der Waals surface area contributed by atoms with Crippen molar-refractivity contribution < 1.29 is 5.21 Å². The Morgan fingerprint density at radius 1 is 1.57 bits per heavy atom. The molecule has 0 atom stereocenters. The van der Waals surface area contributed by atoms with E-state index in [0.717, 1.165) is 0 Å². The minimum atomic E-state index is -0.241. The van der Waals surface area contributed by atoms with Gasteiger partial charge in [0.1, 0.15) is 0 Å². The van der Waals surface area contributed by atoms with Gasteiger partial charge in [-0.15, -0.1) is 0 Å². The Balaban J connectivity index is 2.99. The normalized spacial score (nSPS) is 10.9. The minimum Gasteiger partial charge on any atom is -0.732 e. The summed E-state index contributed by atoms with van der Waals surface area (Å²) in [6, 6.07) is 0. The number of aromatic nitrogens is 2. The van der Waals surface area contributed by atoms with Crippen molar-refractivity contribution in [2.24, 2.45) is 7.05 Å². The van der Waals surface area contributed by atoms with Crippen LogP contribution in [-0.2, 0) is 7.05 Å². The molecular weight excluding hydrogens is 184 g/mol. The van der Waals surface area contributed by atoms with Crippen LogP contribution in [-0.4, -0.2) is 33.8 Å². The van der Waals surface area contributed by atoms with E-state index in [1.807, 2.05) is 19.0 Å². The number of hydrogen-bond donors (Lipinski definition) is 1. The average Bonchev–Trinajstić information content (AvgIpc) is 2.43. The molecule has 6 nitrogen and oxygen atoms in total. The van der Waals surface area contributed by atoms with Crippen LogP contribution in [0.25, 0.3) is 6.08 Å². The summed E-state index contributed by atoms with van der Waals surface area (Å²) in [5, 5.41) is 19.2. The highest BCUT2D eigenvalue weighted by Crippen LogP contribution is 2.16. The molecule has 0 saturated heterocycles. The van der Waals surface area contributed by atoms with Crippen molar-refractivity contribution in [1.82, 2.24) is 14.5 Å². The van der Waals surface area contributed by atoms with Crippen LogP contribution >= 0.6 is 0 Å². The summed E-state index contributed by atoms with van der Waals surface area (Å²) in [5.74, 6) is -0.00870. The minimum absolute atomic E-state index is 0.00870. The molecule has 1 aromatic rings. The van der Waals surface area contributed by atoms with E-state index < -0.39 is 0 Å². The molecule has 0 saturated carbocycles. The molecule has 0 spiro atoms. The first kappa shape index (κ1) is 10.6. The zero-order valence-electron chi connectivity index (χ0n) is 8.38. The predicted molar refractivity (Wildman–Crippen MR) is 53.6 cm³/mol. The Hall–Kier alpha value is -1.53. The molecule has 78 valence electrons. The molecule has 0 radical (unpaired) electrons. The highest BCUT2D eigenvalue weighted by Gasteiger charge is 2.05. The summed E-state index contributed by atoms with van der Waals surface area (Å²) in [6.07, 6.45) is 4.93. The van der Waals surface area contributed by atoms with E-state index >= 15 is 0 Å². The standard InChI is InChI=1S/C8H13N4O2/c1-10(2)5-4-7-8(12(13)14)9-6-11(7)3/h4-6,13H,1-3H3/q-1/b5-4+. The molecule has 0 aromatic carbocycles. The highest BCUT2D eigenvalue weighted by atomic mass is 16.8. The van der Waals surface area contributed by atoms with Crippen LogP contribution in [0, 0.1) is 5.21 Å². The number of hydrogen-bond acceptors (Lipinski definition) is 5. The zero-order chi connectivity index (χ0) is 10.7. The lowest BCUT2D eigenvalue weighted by Crippen LogP contribution is -2.09. The van der Waals surface area contributed by atoms with Gasteiger partial charge in [-0.05, 0) is 6.08 Å². The van der Waals surface area contributed by atoms with Crippen LogP contribution < -0.4 is 5.23 Å². The number of rotatable bonds is 3. The molecule has 0 aliphatic heterocycles. The van der Waals surface area contributed by atoms with Gasteiger partial charge in [0.15, 0.2) is 5.82 Å². The van der Waals surface area contributed by atoms with E-state index in [-0.39, 0.29) is 11.0 Å². The van der Waals surface area contributed by atoms with Crippen molar-refractivity contribution in [2.75, 3.05) is 19.3 Å². The van der Waals surface area contributed by atoms with E-state index in [2.05, 4.69) is 4.98 Å². The number of anilines is 1. The van der Waals surface area contributed by atoms with Crippen molar-refractivity contribution in [1.29, 1.82) is 0 Å². The molecule has 0 amide bonds.